The van der Waals surface area contributed by atoms with Crippen molar-refractivity contribution in [2.45, 2.75) is 6.61 Å². The molecule has 2 aromatic carbocycles. The number of nitrogen functional groups attached to an aromatic ring is 1. The SMILES string of the molecule is Cn1cc(COc2ccccc2O)c2c(N)cccc21. The van der Waals surface area contributed by atoms with Crippen molar-refractivity contribution in [2.24, 2.45) is 7.05 Å². The van der Waals surface area contributed by atoms with Gasteiger partial charge in [0.05, 0.1) is 5.52 Å². The number of nitrogens with zero attached hydrogens (tertiary/aromatic N) is 1. The number of phenols is 1. The number of anilines is 1. The number of rotatable bonds is 3. The molecule has 0 saturated carbocycles. The monoisotopic (exact) mass is 268 g/mol. The molecular formula is C16H16N2O2. The molecular weight excluding hydrogens is 252 g/mol. The zero-order valence-electron chi connectivity index (χ0n) is 11.2. The fourth-order valence-corrected chi connectivity index (χ4v) is 2.41. The van der Waals surface area contributed by atoms with E-state index in [1.165, 1.54) is 0 Å². The topological polar surface area (TPSA) is 60.4 Å². The van der Waals surface area contributed by atoms with E-state index < -0.39 is 0 Å². The third-order valence-corrected chi connectivity index (χ3v) is 3.37. The van der Waals surface area contributed by atoms with Crippen LogP contribution in [0.4, 0.5) is 5.69 Å². The molecule has 102 valence electrons. The van der Waals surface area contributed by atoms with Crippen LogP contribution in [0.15, 0.2) is 48.7 Å². The number of nitrogens with two attached hydrogens (primary N) is 1. The molecule has 4 nitrogen and oxygen atoms in total. The first kappa shape index (κ1) is 12.4. The van der Waals surface area contributed by atoms with E-state index in [4.69, 9.17) is 10.5 Å². The Morgan fingerprint density at radius 2 is 1.95 bits per heavy atom. The highest BCUT2D eigenvalue weighted by Gasteiger charge is 2.10. The van der Waals surface area contributed by atoms with E-state index in [1.807, 2.05) is 42.1 Å². The molecule has 0 aliphatic rings. The second kappa shape index (κ2) is 4.81. The summed E-state index contributed by atoms with van der Waals surface area (Å²) < 4.78 is 7.70. The summed E-state index contributed by atoms with van der Waals surface area (Å²) in [5.41, 5.74) is 8.86. The Hall–Kier alpha value is -2.62. The first-order valence-electron chi connectivity index (χ1n) is 6.40. The highest BCUT2D eigenvalue weighted by Crippen LogP contribution is 2.29. The van der Waals surface area contributed by atoms with Gasteiger partial charge in [-0.2, -0.15) is 0 Å². The summed E-state index contributed by atoms with van der Waals surface area (Å²) in [5.74, 6) is 0.611. The molecule has 0 unspecified atom stereocenters. The van der Waals surface area contributed by atoms with Gasteiger partial charge in [-0.3, -0.25) is 0 Å². The average Bonchev–Trinajstić information content (AvgIpc) is 2.76. The van der Waals surface area contributed by atoms with Crippen LogP contribution in [0, 0.1) is 0 Å². The second-order valence-electron chi connectivity index (χ2n) is 4.76. The molecule has 0 fully saturated rings. The molecule has 0 aliphatic carbocycles. The molecule has 0 atom stereocenters. The van der Waals surface area contributed by atoms with Crippen molar-refractivity contribution in [1.82, 2.24) is 4.57 Å². The first-order chi connectivity index (χ1) is 9.66. The standard InChI is InChI=1S/C16H16N2O2/c1-18-9-11(16-12(17)5-4-6-13(16)18)10-20-15-8-3-2-7-14(15)19/h2-9,19H,10,17H2,1H3. The molecule has 0 aliphatic heterocycles. The third-order valence-electron chi connectivity index (χ3n) is 3.37. The zero-order chi connectivity index (χ0) is 14.1. The van der Waals surface area contributed by atoms with Gasteiger partial charge < -0.3 is 20.1 Å². The van der Waals surface area contributed by atoms with Gasteiger partial charge in [-0.05, 0) is 24.3 Å². The molecule has 3 aromatic rings. The van der Waals surface area contributed by atoms with Crippen molar-refractivity contribution < 1.29 is 9.84 Å². The summed E-state index contributed by atoms with van der Waals surface area (Å²) in [6, 6.07) is 12.8. The Morgan fingerprint density at radius 3 is 2.75 bits per heavy atom. The Balaban J connectivity index is 1.94. The van der Waals surface area contributed by atoms with Crippen molar-refractivity contribution in [3.05, 3.63) is 54.2 Å². The van der Waals surface area contributed by atoms with Crippen LogP contribution >= 0.6 is 0 Å². The molecule has 3 N–H and O–H groups in total. The lowest BCUT2D eigenvalue weighted by atomic mass is 10.1. The summed E-state index contributed by atoms with van der Waals surface area (Å²) in [5, 5.41) is 10.7. The van der Waals surface area contributed by atoms with Gasteiger partial charge >= 0.3 is 0 Å². The number of hydrogen-bond acceptors (Lipinski definition) is 3. The van der Waals surface area contributed by atoms with Crippen LogP contribution in [0.25, 0.3) is 10.9 Å². The quantitative estimate of drug-likeness (QED) is 0.718. The molecule has 0 spiro atoms. The summed E-state index contributed by atoms with van der Waals surface area (Å²) in [6.07, 6.45) is 2.00. The number of fused-ring (bicyclic) bond motifs is 1. The number of aromatic nitrogens is 1. The Kier molecular flexibility index (Phi) is 2.99. The minimum absolute atomic E-state index is 0.140. The molecule has 20 heavy (non-hydrogen) atoms. The summed E-state index contributed by atoms with van der Waals surface area (Å²) in [4.78, 5) is 0. The highest BCUT2D eigenvalue weighted by atomic mass is 16.5. The van der Waals surface area contributed by atoms with Gasteiger partial charge in [0.15, 0.2) is 11.5 Å². The maximum absolute atomic E-state index is 9.71. The van der Waals surface area contributed by atoms with Crippen molar-refractivity contribution in [3.8, 4) is 11.5 Å². The minimum Gasteiger partial charge on any atom is -0.504 e. The van der Waals surface area contributed by atoms with Crippen LogP contribution in [0.5, 0.6) is 11.5 Å². The van der Waals surface area contributed by atoms with Crippen LogP contribution in [0.1, 0.15) is 5.56 Å². The molecule has 0 radical (unpaired) electrons. The molecule has 0 amide bonds. The number of ether oxygens (including phenoxy) is 1. The minimum atomic E-state index is 0.140. The van der Waals surface area contributed by atoms with Gasteiger partial charge in [-0.1, -0.05) is 18.2 Å². The number of hydrogen-bond donors (Lipinski definition) is 2. The van der Waals surface area contributed by atoms with Gasteiger partial charge in [0.2, 0.25) is 0 Å². The van der Waals surface area contributed by atoms with E-state index in [0.29, 0.717) is 12.4 Å². The second-order valence-corrected chi connectivity index (χ2v) is 4.76. The van der Waals surface area contributed by atoms with Gasteiger partial charge in [-0.25, -0.2) is 0 Å². The van der Waals surface area contributed by atoms with Gasteiger partial charge in [0.1, 0.15) is 6.61 Å². The zero-order valence-corrected chi connectivity index (χ0v) is 11.2. The van der Waals surface area contributed by atoms with Gasteiger partial charge in [0, 0.05) is 29.9 Å². The molecule has 3 rings (SSSR count). The van der Waals surface area contributed by atoms with Crippen molar-refractivity contribution in [1.29, 1.82) is 0 Å². The molecule has 1 heterocycles. The number of para-hydroxylation sites is 2. The molecule has 1 aromatic heterocycles. The van der Waals surface area contributed by atoms with Crippen LogP contribution in [-0.4, -0.2) is 9.67 Å². The predicted octanol–water partition coefficient (Wildman–Crippen LogP) is 3.05. The van der Waals surface area contributed by atoms with E-state index >= 15 is 0 Å². The Bertz CT molecular complexity index is 762. The fourth-order valence-electron chi connectivity index (χ4n) is 2.41. The van der Waals surface area contributed by atoms with E-state index in [2.05, 4.69) is 0 Å². The van der Waals surface area contributed by atoms with E-state index in [-0.39, 0.29) is 5.75 Å². The fraction of sp³-hybridized carbons (Fsp3) is 0.125. The first-order valence-corrected chi connectivity index (χ1v) is 6.40. The van der Waals surface area contributed by atoms with Crippen LogP contribution in [0.2, 0.25) is 0 Å². The Morgan fingerprint density at radius 1 is 1.15 bits per heavy atom. The van der Waals surface area contributed by atoms with Crippen LogP contribution in [0.3, 0.4) is 0 Å². The van der Waals surface area contributed by atoms with E-state index in [1.54, 1.807) is 18.2 Å². The number of aromatic hydroxyl groups is 1. The van der Waals surface area contributed by atoms with E-state index in [9.17, 15) is 5.11 Å². The third kappa shape index (κ3) is 2.05. The summed E-state index contributed by atoms with van der Waals surface area (Å²) in [6.45, 7) is 0.364. The smallest absolute Gasteiger partial charge is 0.161 e. The molecule has 4 heteroatoms. The lowest BCUT2D eigenvalue weighted by molar-refractivity contribution is 0.290. The van der Waals surface area contributed by atoms with Crippen molar-refractivity contribution in [2.75, 3.05) is 5.73 Å². The molecule has 0 saturated heterocycles. The summed E-state index contributed by atoms with van der Waals surface area (Å²) in [7, 11) is 1.98. The molecule has 0 bridgehead atoms. The largest absolute Gasteiger partial charge is 0.504 e. The van der Waals surface area contributed by atoms with Crippen molar-refractivity contribution >= 4 is 16.6 Å². The van der Waals surface area contributed by atoms with Crippen molar-refractivity contribution in [3.63, 3.8) is 0 Å². The average molecular weight is 268 g/mol. The van der Waals surface area contributed by atoms with E-state index in [0.717, 1.165) is 22.2 Å². The maximum atomic E-state index is 9.71. The van der Waals surface area contributed by atoms with Crippen LogP contribution < -0.4 is 10.5 Å². The highest BCUT2D eigenvalue weighted by molar-refractivity contribution is 5.94. The normalized spacial score (nSPS) is 10.8. The lowest BCUT2D eigenvalue weighted by Gasteiger charge is -2.07. The number of benzene rings is 2. The number of aryl methyl sites for hydroxylation is 1. The maximum Gasteiger partial charge on any atom is 0.161 e. The van der Waals surface area contributed by atoms with Crippen LogP contribution in [-0.2, 0) is 13.7 Å². The van der Waals surface area contributed by atoms with Gasteiger partial charge in [0.25, 0.3) is 0 Å². The lowest BCUT2D eigenvalue weighted by Crippen LogP contribution is -1.96. The summed E-state index contributed by atoms with van der Waals surface area (Å²) >= 11 is 0. The Labute approximate surface area is 117 Å². The number of phenolic OH excluding ortho intramolecular Hbond substituents is 1. The van der Waals surface area contributed by atoms with Gasteiger partial charge in [-0.15, -0.1) is 0 Å². The predicted molar refractivity (Wildman–Crippen MR) is 79.8 cm³/mol.